The largest absolute Gasteiger partial charge is 0.368 e. The lowest BCUT2D eigenvalue weighted by molar-refractivity contribution is -0.129. The van der Waals surface area contributed by atoms with E-state index in [1.54, 1.807) is 30.0 Å². The summed E-state index contributed by atoms with van der Waals surface area (Å²) in [5.74, 6) is -0.201. The molecule has 1 fully saturated rings. The van der Waals surface area contributed by atoms with Crippen LogP contribution in [0.2, 0.25) is 5.02 Å². The third-order valence-electron chi connectivity index (χ3n) is 4.86. The number of hydrogen-bond acceptors (Lipinski definition) is 4. The summed E-state index contributed by atoms with van der Waals surface area (Å²) >= 11 is 5.98. The highest BCUT2D eigenvalue weighted by Gasteiger charge is 2.27. The average molecular weight is 422 g/mol. The number of carbonyl (C=O) groups is 1. The van der Waals surface area contributed by atoms with Crippen molar-refractivity contribution in [1.29, 1.82) is 0 Å². The molecule has 1 amide bonds. The second-order valence-corrected chi connectivity index (χ2v) is 9.25. The summed E-state index contributed by atoms with van der Waals surface area (Å²) < 4.78 is 25.8. The van der Waals surface area contributed by atoms with Crippen LogP contribution in [0.4, 0.5) is 11.4 Å². The summed E-state index contributed by atoms with van der Waals surface area (Å²) in [6.07, 6.45) is 1.11. The summed E-state index contributed by atoms with van der Waals surface area (Å²) in [4.78, 5) is 16.8. The Labute approximate surface area is 171 Å². The van der Waals surface area contributed by atoms with E-state index >= 15 is 0 Å². The van der Waals surface area contributed by atoms with Crippen LogP contribution in [0.5, 0.6) is 0 Å². The molecule has 2 aromatic rings. The zero-order chi connectivity index (χ0) is 20.3. The van der Waals surface area contributed by atoms with E-state index in [-0.39, 0.29) is 12.5 Å². The van der Waals surface area contributed by atoms with Crippen LogP contribution in [0.15, 0.2) is 48.5 Å². The molecule has 0 aromatic heterocycles. The minimum Gasteiger partial charge on any atom is -0.368 e. The van der Waals surface area contributed by atoms with E-state index in [9.17, 15) is 13.2 Å². The van der Waals surface area contributed by atoms with Crippen LogP contribution in [-0.2, 0) is 14.8 Å². The van der Waals surface area contributed by atoms with E-state index < -0.39 is 10.0 Å². The summed E-state index contributed by atoms with van der Waals surface area (Å²) in [6, 6.07) is 15.0. The van der Waals surface area contributed by atoms with Crippen LogP contribution in [0.25, 0.3) is 0 Å². The topological polar surface area (TPSA) is 60.9 Å². The molecule has 28 heavy (non-hydrogen) atoms. The number of halogens is 1. The first kappa shape index (κ1) is 20.5. The van der Waals surface area contributed by atoms with Crippen molar-refractivity contribution in [3.63, 3.8) is 0 Å². The van der Waals surface area contributed by atoms with Gasteiger partial charge in [0, 0.05) is 36.9 Å². The van der Waals surface area contributed by atoms with Gasteiger partial charge in [0.15, 0.2) is 0 Å². The van der Waals surface area contributed by atoms with Crippen LogP contribution in [0.3, 0.4) is 0 Å². The fraction of sp³-hybridized carbons (Fsp3) is 0.350. The highest BCUT2D eigenvalue weighted by molar-refractivity contribution is 7.92. The Kier molecular flexibility index (Phi) is 6.15. The lowest BCUT2D eigenvalue weighted by Crippen LogP contribution is -2.52. The van der Waals surface area contributed by atoms with Gasteiger partial charge in [-0.15, -0.1) is 0 Å². The predicted molar refractivity (Wildman–Crippen MR) is 114 cm³/mol. The number of benzene rings is 2. The molecular weight excluding hydrogens is 398 g/mol. The van der Waals surface area contributed by atoms with Crippen LogP contribution in [-0.4, -0.2) is 58.2 Å². The van der Waals surface area contributed by atoms with Crippen molar-refractivity contribution in [2.24, 2.45) is 0 Å². The van der Waals surface area contributed by atoms with Crippen molar-refractivity contribution in [1.82, 2.24) is 4.90 Å². The molecule has 8 heteroatoms. The monoisotopic (exact) mass is 421 g/mol. The standard InChI is InChI=1S/C20H24ClN3O3S/c1-16-14-17(21)8-9-19(16)24(28(2,26)27)15-20(25)23-12-10-22(11-13-23)18-6-4-3-5-7-18/h3-9,14H,10-13,15H2,1-2H3. The summed E-state index contributed by atoms with van der Waals surface area (Å²) in [5.41, 5.74) is 2.31. The van der Waals surface area contributed by atoms with E-state index in [1.807, 2.05) is 30.3 Å². The van der Waals surface area contributed by atoms with Gasteiger partial charge in [-0.3, -0.25) is 9.10 Å². The molecule has 0 unspecified atom stereocenters. The van der Waals surface area contributed by atoms with Crippen molar-refractivity contribution in [2.75, 3.05) is 48.2 Å². The first-order valence-corrected chi connectivity index (χ1v) is 11.3. The van der Waals surface area contributed by atoms with Crippen LogP contribution in [0, 0.1) is 6.92 Å². The number of carbonyl (C=O) groups excluding carboxylic acids is 1. The Morgan fingerprint density at radius 3 is 2.29 bits per heavy atom. The molecule has 0 bridgehead atoms. The van der Waals surface area contributed by atoms with Crippen molar-refractivity contribution >= 4 is 38.9 Å². The van der Waals surface area contributed by atoms with E-state index in [1.165, 1.54) is 0 Å². The predicted octanol–water partition coefficient (Wildman–Crippen LogP) is 2.76. The fourth-order valence-corrected chi connectivity index (χ4v) is 4.49. The highest BCUT2D eigenvalue weighted by atomic mass is 35.5. The van der Waals surface area contributed by atoms with Gasteiger partial charge in [-0.1, -0.05) is 29.8 Å². The highest BCUT2D eigenvalue weighted by Crippen LogP contribution is 2.26. The number of piperazine rings is 1. The third-order valence-corrected chi connectivity index (χ3v) is 6.22. The Morgan fingerprint density at radius 1 is 1.07 bits per heavy atom. The Balaban J connectivity index is 1.70. The molecule has 1 saturated heterocycles. The molecule has 150 valence electrons. The molecule has 3 rings (SSSR count). The lowest BCUT2D eigenvalue weighted by atomic mass is 10.2. The molecular formula is C20H24ClN3O3S. The molecule has 1 heterocycles. The van der Waals surface area contributed by atoms with E-state index in [0.29, 0.717) is 42.5 Å². The third kappa shape index (κ3) is 4.77. The number of nitrogens with zero attached hydrogens (tertiary/aromatic N) is 3. The maximum Gasteiger partial charge on any atom is 0.243 e. The smallest absolute Gasteiger partial charge is 0.243 e. The van der Waals surface area contributed by atoms with Gasteiger partial charge in [0.05, 0.1) is 11.9 Å². The number of rotatable bonds is 5. The average Bonchev–Trinajstić information content (AvgIpc) is 2.66. The van der Waals surface area contributed by atoms with Crippen LogP contribution in [0.1, 0.15) is 5.56 Å². The van der Waals surface area contributed by atoms with Gasteiger partial charge in [0.2, 0.25) is 15.9 Å². The number of sulfonamides is 1. The van der Waals surface area contributed by atoms with Gasteiger partial charge < -0.3 is 9.80 Å². The molecule has 0 atom stereocenters. The van der Waals surface area contributed by atoms with E-state index in [0.717, 1.165) is 16.2 Å². The van der Waals surface area contributed by atoms with Crippen molar-refractivity contribution < 1.29 is 13.2 Å². The van der Waals surface area contributed by atoms with E-state index in [2.05, 4.69) is 4.90 Å². The van der Waals surface area contributed by atoms with Gasteiger partial charge in [-0.2, -0.15) is 0 Å². The molecule has 1 aliphatic rings. The molecule has 0 saturated carbocycles. The van der Waals surface area contributed by atoms with E-state index in [4.69, 9.17) is 11.6 Å². The molecule has 2 aromatic carbocycles. The number of para-hydroxylation sites is 1. The zero-order valence-electron chi connectivity index (χ0n) is 16.0. The quantitative estimate of drug-likeness (QED) is 0.744. The Hall–Kier alpha value is -2.25. The normalized spacial score (nSPS) is 14.8. The molecule has 6 nitrogen and oxygen atoms in total. The molecule has 0 N–H and O–H groups in total. The second kappa shape index (κ2) is 8.41. The molecule has 0 aliphatic carbocycles. The van der Waals surface area contributed by atoms with Gasteiger partial charge in [-0.25, -0.2) is 8.42 Å². The number of hydrogen-bond donors (Lipinski definition) is 0. The number of anilines is 2. The fourth-order valence-electron chi connectivity index (χ4n) is 3.36. The maximum absolute atomic E-state index is 12.8. The summed E-state index contributed by atoms with van der Waals surface area (Å²) in [5, 5.41) is 0.526. The molecule has 0 radical (unpaired) electrons. The first-order valence-electron chi connectivity index (χ1n) is 9.07. The van der Waals surface area contributed by atoms with Crippen molar-refractivity contribution in [2.45, 2.75) is 6.92 Å². The molecule has 1 aliphatic heterocycles. The Morgan fingerprint density at radius 2 is 1.71 bits per heavy atom. The summed E-state index contributed by atoms with van der Waals surface area (Å²) in [6.45, 7) is 4.12. The van der Waals surface area contributed by atoms with Gasteiger partial charge in [0.25, 0.3) is 0 Å². The summed E-state index contributed by atoms with van der Waals surface area (Å²) in [7, 11) is -3.61. The number of aryl methyl sites for hydroxylation is 1. The van der Waals surface area contributed by atoms with Gasteiger partial charge in [0.1, 0.15) is 6.54 Å². The first-order chi connectivity index (χ1) is 13.3. The zero-order valence-corrected chi connectivity index (χ0v) is 17.6. The minimum absolute atomic E-state index is 0.201. The second-order valence-electron chi connectivity index (χ2n) is 6.90. The van der Waals surface area contributed by atoms with Crippen molar-refractivity contribution in [3.05, 3.63) is 59.1 Å². The van der Waals surface area contributed by atoms with Gasteiger partial charge in [-0.05, 0) is 42.8 Å². The van der Waals surface area contributed by atoms with Gasteiger partial charge >= 0.3 is 0 Å². The lowest BCUT2D eigenvalue weighted by Gasteiger charge is -2.37. The van der Waals surface area contributed by atoms with Crippen molar-refractivity contribution in [3.8, 4) is 0 Å². The molecule has 0 spiro atoms. The minimum atomic E-state index is -3.61. The van der Waals surface area contributed by atoms with Crippen LogP contribution < -0.4 is 9.21 Å². The Bertz CT molecular complexity index is 942. The SMILES string of the molecule is Cc1cc(Cl)ccc1N(CC(=O)N1CCN(c2ccccc2)CC1)S(C)(=O)=O. The number of amides is 1. The van der Waals surface area contributed by atoms with Crippen LogP contribution >= 0.6 is 11.6 Å². The maximum atomic E-state index is 12.8.